The van der Waals surface area contributed by atoms with E-state index in [4.69, 9.17) is 0 Å². The lowest BCUT2D eigenvalue weighted by molar-refractivity contribution is 0.471. The molecule has 0 amide bonds. The average molecular weight is 346 g/mol. The number of aromatic nitrogens is 3. The van der Waals surface area contributed by atoms with Crippen LogP contribution in [0.2, 0.25) is 0 Å². The molecule has 0 unspecified atom stereocenters. The first-order valence-corrected chi connectivity index (χ1v) is 8.66. The van der Waals surface area contributed by atoms with Crippen molar-refractivity contribution in [2.45, 2.75) is 20.8 Å². The van der Waals surface area contributed by atoms with Crippen molar-refractivity contribution in [1.82, 2.24) is 15.0 Å². The lowest BCUT2D eigenvalue weighted by atomic mass is 10.1. The molecule has 0 radical (unpaired) electrons. The van der Waals surface area contributed by atoms with E-state index < -0.39 is 0 Å². The number of phenolic OH excluding ortho intramolecular Hbond substituents is 1. The Morgan fingerprint density at radius 3 is 2.46 bits per heavy atom. The van der Waals surface area contributed by atoms with Gasteiger partial charge in [0, 0.05) is 11.4 Å². The summed E-state index contributed by atoms with van der Waals surface area (Å²) in [5, 5.41) is 13.9. The highest BCUT2D eigenvalue weighted by Crippen LogP contribution is 2.30. The quantitative estimate of drug-likeness (QED) is 0.464. The highest BCUT2D eigenvalue weighted by atomic mass is 16.3. The number of nitrogens with one attached hydrogen (secondary N) is 2. The van der Waals surface area contributed by atoms with Crippen LogP contribution in [0, 0.1) is 6.92 Å². The average Bonchev–Trinajstić information content (AvgIpc) is 3.12. The summed E-state index contributed by atoms with van der Waals surface area (Å²) in [6, 6.07) is 17.4. The second-order valence-corrected chi connectivity index (χ2v) is 5.66. The largest absolute Gasteiger partial charge is 0.508 e. The van der Waals surface area contributed by atoms with Crippen molar-refractivity contribution < 1.29 is 5.11 Å². The Bertz CT molecular complexity index is 1010. The molecule has 4 aromatic rings. The van der Waals surface area contributed by atoms with Gasteiger partial charge in [-0.05, 0) is 54.4 Å². The van der Waals surface area contributed by atoms with Crippen LogP contribution in [-0.4, -0.2) is 20.1 Å². The molecular formula is C21H22N4O. The first kappa shape index (κ1) is 17.5. The number of benzene rings is 2. The molecule has 0 atom stereocenters. The van der Waals surface area contributed by atoms with Gasteiger partial charge in [0.15, 0.2) is 0 Å². The second-order valence-electron chi connectivity index (χ2n) is 5.66. The lowest BCUT2D eigenvalue weighted by Crippen LogP contribution is -1.94. The highest BCUT2D eigenvalue weighted by molar-refractivity contribution is 5.93. The highest BCUT2D eigenvalue weighted by Gasteiger charge is 2.10. The van der Waals surface area contributed by atoms with Crippen LogP contribution in [0.1, 0.15) is 19.4 Å². The third-order valence-corrected chi connectivity index (χ3v) is 3.97. The van der Waals surface area contributed by atoms with Crippen molar-refractivity contribution in [3.8, 4) is 17.0 Å². The maximum Gasteiger partial charge on any atom is 0.143 e. The molecule has 0 saturated heterocycles. The number of rotatable bonds is 3. The number of phenols is 1. The topological polar surface area (TPSA) is 73.8 Å². The van der Waals surface area contributed by atoms with E-state index in [2.05, 4.69) is 20.3 Å². The zero-order valence-electron chi connectivity index (χ0n) is 15.1. The van der Waals surface area contributed by atoms with Crippen molar-refractivity contribution >= 4 is 22.5 Å². The fourth-order valence-corrected chi connectivity index (χ4v) is 2.68. The first-order chi connectivity index (χ1) is 12.7. The van der Waals surface area contributed by atoms with E-state index in [1.165, 1.54) is 6.33 Å². The molecular weight excluding hydrogens is 324 g/mol. The Hall–Kier alpha value is -3.34. The molecule has 2 aromatic carbocycles. The molecule has 132 valence electrons. The maximum atomic E-state index is 9.70. The Morgan fingerprint density at radius 1 is 0.962 bits per heavy atom. The molecule has 4 rings (SSSR count). The number of aromatic amines is 1. The number of hydrogen-bond acceptors (Lipinski definition) is 4. The third kappa shape index (κ3) is 3.52. The van der Waals surface area contributed by atoms with E-state index in [1.807, 2.05) is 69.3 Å². The number of aryl methyl sites for hydroxylation is 1. The Labute approximate surface area is 152 Å². The minimum atomic E-state index is 0.293. The lowest BCUT2D eigenvalue weighted by Gasteiger charge is -2.05. The van der Waals surface area contributed by atoms with Crippen LogP contribution in [0.3, 0.4) is 0 Å². The molecule has 2 aromatic heterocycles. The van der Waals surface area contributed by atoms with Crippen molar-refractivity contribution in [3.05, 3.63) is 66.5 Å². The Balaban J connectivity index is 0.000000948. The van der Waals surface area contributed by atoms with Gasteiger partial charge in [-0.2, -0.15) is 0 Å². The number of nitrogens with zero attached hydrogens (tertiary/aromatic N) is 2. The number of para-hydroxylation sites is 1. The molecule has 26 heavy (non-hydrogen) atoms. The molecule has 0 bridgehead atoms. The first-order valence-electron chi connectivity index (χ1n) is 8.66. The number of H-pyrrole nitrogens is 1. The van der Waals surface area contributed by atoms with E-state index >= 15 is 0 Å². The van der Waals surface area contributed by atoms with E-state index in [0.29, 0.717) is 5.75 Å². The van der Waals surface area contributed by atoms with Gasteiger partial charge >= 0.3 is 0 Å². The summed E-state index contributed by atoms with van der Waals surface area (Å²) in [5.74, 6) is 1.05. The molecule has 0 aliphatic rings. The molecule has 3 N–H and O–H groups in total. The van der Waals surface area contributed by atoms with Crippen molar-refractivity contribution in [2.24, 2.45) is 0 Å². The minimum absolute atomic E-state index is 0.293. The van der Waals surface area contributed by atoms with Crippen molar-refractivity contribution in [2.75, 3.05) is 5.32 Å². The summed E-state index contributed by atoms with van der Waals surface area (Å²) in [7, 11) is 0. The predicted octanol–water partition coefficient (Wildman–Crippen LogP) is 5.41. The smallest absolute Gasteiger partial charge is 0.143 e. The van der Waals surface area contributed by atoms with Gasteiger partial charge in [0.25, 0.3) is 0 Å². The van der Waals surface area contributed by atoms with Gasteiger partial charge in [-0.25, -0.2) is 9.97 Å². The molecule has 0 aliphatic carbocycles. The van der Waals surface area contributed by atoms with Crippen LogP contribution in [0.5, 0.6) is 5.75 Å². The van der Waals surface area contributed by atoms with Gasteiger partial charge in [0.1, 0.15) is 23.5 Å². The van der Waals surface area contributed by atoms with Gasteiger partial charge in [-0.1, -0.05) is 32.0 Å². The zero-order valence-corrected chi connectivity index (χ0v) is 15.1. The van der Waals surface area contributed by atoms with Crippen LogP contribution in [-0.2, 0) is 0 Å². The third-order valence-electron chi connectivity index (χ3n) is 3.97. The minimum Gasteiger partial charge on any atom is -0.508 e. The van der Waals surface area contributed by atoms with Crippen LogP contribution >= 0.6 is 0 Å². The summed E-state index contributed by atoms with van der Waals surface area (Å²) in [5.41, 5.74) is 4.50. The molecule has 0 saturated carbocycles. The SMILES string of the molecule is CC.Cc1cc(-c2cc3c(Nc4ccccc4)ncnc3[nH]2)ccc1O. The van der Waals surface area contributed by atoms with E-state index in [1.54, 1.807) is 6.07 Å². The van der Waals surface area contributed by atoms with Crippen LogP contribution in [0.25, 0.3) is 22.3 Å². The number of anilines is 2. The van der Waals surface area contributed by atoms with Crippen molar-refractivity contribution in [3.63, 3.8) is 0 Å². The summed E-state index contributed by atoms with van der Waals surface area (Å²) in [4.78, 5) is 12.0. The van der Waals surface area contributed by atoms with Gasteiger partial charge < -0.3 is 15.4 Å². The van der Waals surface area contributed by atoms with Crippen LogP contribution in [0.15, 0.2) is 60.9 Å². The molecule has 0 spiro atoms. The van der Waals surface area contributed by atoms with E-state index in [-0.39, 0.29) is 0 Å². The zero-order chi connectivity index (χ0) is 18.5. The summed E-state index contributed by atoms with van der Waals surface area (Å²) in [6.45, 7) is 5.88. The standard InChI is InChI=1S/C19H16N4O.C2H6/c1-12-9-13(7-8-17(12)24)16-10-15-18(20-11-21-19(15)23-16)22-14-5-3-2-4-6-14;1-2/h2-11,24H,1H3,(H2,20,21,22,23);1-2H3. The predicted molar refractivity (Wildman–Crippen MR) is 107 cm³/mol. The Kier molecular flexibility index (Phi) is 5.17. The normalized spacial score (nSPS) is 10.3. The van der Waals surface area contributed by atoms with E-state index in [9.17, 15) is 5.11 Å². The van der Waals surface area contributed by atoms with Gasteiger partial charge in [0.2, 0.25) is 0 Å². The number of hydrogen-bond donors (Lipinski definition) is 3. The van der Waals surface area contributed by atoms with Gasteiger partial charge in [-0.3, -0.25) is 0 Å². The summed E-state index contributed by atoms with van der Waals surface area (Å²) >= 11 is 0. The summed E-state index contributed by atoms with van der Waals surface area (Å²) < 4.78 is 0. The van der Waals surface area contributed by atoms with Crippen LogP contribution < -0.4 is 5.32 Å². The molecule has 0 aliphatic heterocycles. The number of fused-ring (bicyclic) bond motifs is 1. The molecule has 2 heterocycles. The summed E-state index contributed by atoms with van der Waals surface area (Å²) in [6.07, 6.45) is 1.54. The second kappa shape index (κ2) is 7.70. The molecule has 0 fully saturated rings. The monoisotopic (exact) mass is 346 g/mol. The Morgan fingerprint density at radius 2 is 1.73 bits per heavy atom. The molecule has 5 nitrogen and oxygen atoms in total. The molecule has 5 heteroatoms. The number of aromatic hydroxyl groups is 1. The fourth-order valence-electron chi connectivity index (χ4n) is 2.68. The fraction of sp³-hybridized carbons (Fsp3) is 0.143. The van der Waals surface area contributed by atoms with E-state index in [0.717, 1.165) is 39.4 Å². The van der Waals surface area contributed by atoms with Gasteiger partial charge in [-0.15, -0.1) is 0 Å². The maximum absolute atomic E-state index is 9.70. The van der Waals surface area contributed by atoms with Crippen LogP contribution in [0.4, 0.5) is 11.5 Å². The van der Waals surface area contributed by atoms with Gasteiger partial charge in [0.05, 0.1) is 5.39 Å². The van der Waals surface area contributed by atoms with Crippen molar-refractivity contribution in [1.29, 1.82) is 0 Å².